The van der Waals surface area contributed by atoms with E-state index in [1.807, 2.05) is 0 Å². The molecule has 1 fully saturated rings. The number of esters is 1. The number of ether oxygens (including phenoxy) is 2. The molecule has 4 atom stereocenters. The van der Waals surface area contributed by atoms with Gasteiger partial charge in [0.2, 0.25) is 0 Å². The van der Waals surface area contributed by atoms with Gasteiger partial charge in [0.05, 0.1) is 13.2 Å². The zero-order chi connectivity index (χ0) is 36.9. The van der Waals surface area contributed by atoms with Crippen molar-refractivity contribution < 1.29 is 39.5 Å². The van der Waals surface area contributed by atoms with Crippen LogP contribution in [0.2, 0.25) is 0 Å². The number of rotatable bonds is 34. The molecule has 0 aromatic rings. The largest absolute Gasteiger partial charge is 0.481 e. The summed E-state index contributed by atoms with van der Waals surface area (Å²) in [6.45, 7) is 4.06. The SMILES string of the molecule is CCCCCCCC/C=C\CCCCCCCC(=O)O[C@H](CO)[C@H]1OC[C@H](O)[C@H]1O.CCCCCCCCCCCCCCCCCC(=O)O. The summed E-state index contributed by atoms with van der Waals surface area (Å²) in [7, 11) is 0. The fraction of sp³-hybridized carbons (Fsp3) is 0.905. The lowest BCUT2D eigenvalue weighted by Crippen LogP contribution is -2.43. The zero-order valence-corrected chi connectivity index (χ0v) is 32.5. The Bertz CT molecular complexity index is 773. The van der Waals surface area contributed by atoms with Crippen LogP contribution >= 0.6 is 0 Å². The Labute approximate surface area is 307 Å². The van der Waals surface area contributed by atoms with E-state index in [4.69, 9.17) is 14.6 Å². The number of unbranched alkanes of at least 4 members (excludes halogenated alkanes) is 25. The third-order valence-corrected chi connectivity index (χ3v) is 9.66. The zero-order valence-electron chi connectivity index (χ0n) is 32.5. The molecule has 8 heteroatoms. The van der Waals surface area contributed by atoms with E-state index in [0.717, 1.165) is 44.9 Å². The van der Waals surface area contributed by atoms with Crippen molar-refractivity contribution in [1.29, 1.82) is 0 Å². The first-order chi connectivity index (χ1) is 24.4. The molecule has 0 spiro atoms. The van der Waals surface area contributed by atoms with Crippen LogP contribution in [0.15, 0.2) is 12.2 Å². The molecule has 0 amide bonds. The van der Waals surface area contributed by atoms with Crippen LogP contribution in [0.25, 0.3) is 0 Å². The average molecular weight is 713 g/mol. The summed E-state index contributed by atoms with van der Waals surface area (Å²) in [4.78, 5) is 22.3. The van der Waals surface area contributed by atoms with Gasteiger partial charge in [-0.25, -0.2) is 0 Å². The van der Waals surface area contributed by atoms with Gasteiger partial charge in [-0.15, -0.1) is 0 Å². The van der Waals surface area contributed by atoms with Crippen LogP contribution in [0, 0.1) is 0 Å². The second-order valence-corrected chi connectivity index (χ2v) is 14.5. The average Bonchev–Trinajstić information content (AvgIpc) is 3.44. The fourth-order valence-corrected chi connectivity index (χ4v) is 6.38. The standard InChI is InChI=1S/C24H44O6.C18H36O2/c1-2-3-4-5-6-7-8-9-10-11-12-13-14-15-16-17-22(27)30-21(18-25)24-23(28)20(26)19-29-24;1-2-3-4-5-6-7-8-9-10-11-12-13-14-15-16-17-18(19)20/h9-10,20-21,23-26,28H,2-8,11-19H2,1H3;2-17H2,1H3,(H,19,20)/b10-9-;/t20-,21+,23+,24+;/m0./s1. The number of carboxylic acids is 1. The van der Waals surface area contributed by atoms with Crippen molar-refractivity contribution >= 4 is 11.9 Å². The van der Waals surface area contributed by atoms with E-state index in [0.29, 0.717) is 12.8 Å². The van der Waals surface area contributed by atoms with Crippen molar-refractivity contribution in [3.05, 3.63) is 12.2 Å². The molecule has 1 aliphatic heterocycles. The molecule has 0 aromatic carbocycles. The number of hydrogen-bond acceptors (Lipinski definition) is 7. The Hall–Kier alpha value is -1.48. The van der Waals surface area contributed by atoms with E-state index in [1.165, 1.54) is 135 Å². The molecule has 0 saturated carbocycles. The quantitative estimate of drug-likeness (QED) is 0.0294. The Morgan fingerprint density at radius 3 is 1.36 bits per heavy atom. The first-order valence-electron chi connectivity index (χ1n) is 21.0. The van der Waals surface area contributed by atoms with Crippen molar-refractivity contribution in [1.82, 2.24) is 0 Å². The highest BCUT2D eigenvalue weighted by atomic mass is 16.6. The Balaban J connectivity index is 0.00000105. The summed E-state index contributed by atoms with van der Waals surface area (Å²) in [5.41, 5.74) is 0. The first kappa shape index (κ1) is 48.5. The molecule has 1 rings (SSSR count). The number of allylic oxidation sites excluding steroid dienone is 2. The maximum Gasteiger partial charge on any atom is 0.306 e. The lowest BCUT2D eigenvalue weighted by molar-refractivity contribution is -0.162. The van der Waals surface area contributed by atoms with Crippen molar-refractivity contribution in [2.24, 2.45) is 0 Å². The third kappa shape index (κ3) is 31.3. The third-order valence-electron chi connectivity index (χ3n) is 9.66. The summed E-state index contributed by atoms with van der Waals surface area (Å²) in [5.74, 6) is -1.05. The smallest absolute Gasteiger partial charge is 0.306 e. The monoisotopic (exact) mass is 713 g/mol. The van der Waals surface area contributed by atoms with Crippen molar-refractivity contribution in [3.8, 4) is 0 Å². The second-order valence-electron chi connectivity index (χ2n) is 14.5. The van der Waals surface area contributed by atoms with Gasteiger partial charge in [-0.2, -0.15) is 0 Å². The molecule has 0 bridgehead atoms. The van der Waals surface area contributed by atoms with Crippen molar-refractivity contribution in [2.45, 2.75) is 231 Å². The van der Waals surface area contributed by atoms with E-state index in [2.05, 4.69) is 26.0 Å². The molecule has 0 aromatic heterocycles. The van der Waals surface area contributed by atoms with Gasteiger partial charge in [-0.3, -0.25) is 9.59 Å². The molecule has 0 aliphatic carbocycles. The topological polar surface area (TPSA) is 134 Å². The summed E-state index contributed by atoms with van der Waals surface area (Å²) in [6.07, 6.45) is 36.7. The molecule has 4 N–H and O–H groups in total. The van der Waals surface area contributed by atoms with E-state index in [-0.39, 0.29) is 6.61 Å². The van der Waals surface area contributed by atoms with Crippen molar-refractivity contribution in [3.63, 3.8) is 0 Å². The molecule has 296 valence electrons. The number of aliphatic hydroxyl groups excluding tert-OH is 3. The summed E-state index contributed by atoms with van der Waals surface area (Å²) >= 11 is 0. The van der Waals surface area contributed by atoms with Gasteiger partial charge in [0.15, 0.2) is 6.10 Å². The Morgan fingerprint density at radius 1 is 0.620 bits per heavy atom. The van der Waals surface area contributed by atoms with Crippen LogP contribution < -0.4 is 0 Å². The summed E-state index contributed by atoms with van der Waals surface area (Å²) < 4.78 is 10.4. The highest BCUT2D eigenvalue weighted by Crippen LogP contribution is 2.20. The minimum atomic E-state index is -1.14. The number of aliphatic hydroxyl groups is 3. The highest BCUT2D eigenvalue weighted by molar-refractivity contribution is 5.69. The number of aliphatic carboxylic acids is 1. The predicted molar refractivity (Wildman–Crippen MR) is 205 cm³/mol. The van der Waals surface area contributed by atoms with Crippen LogP contribution in [-0.4, -0.2) is 70.0 Å². The van der Waals surface area contributed by atoms with Gasteiger partial charge in [0.25, 0.3) is 0 Å². The molecule has 0 unspecified atom stereocenters. The Kier molecular flexibility index (Phi) is 36.2. The van der Waals surface area contributed by atoms with Gasteiger partial charge in [0, 0.05) is 12.8 Å². The lowest BCUT2D eigenvalue weighted by atomic mass is 10.0. The normalized spacial score (nSPS) is 17.9. The van der Waals surface area contributed by atoms with Crippen LogP contribution in [0.4, 0.5) is 0 Å². The first-order valence-corrected chi connectivity index (χ1v) is 21.0. The van der Waals surface area contributed by atoms with Crippen molar-refractivity contribution in [2.75, 3.05) is 13.2 Å². The molecular formula is C42H80O8. The molecule has 50 heavy (non-hydrogen) atoms. The Morgan fingerprint density at radius 2 is 1.00 bits per heavy atom. The van der Waals surface area contributed by atoms with Gasteiger partial charge in [-0.05, 0) is 38.5 Å². The molecule has 0 radical (unpaired) electrons. The van der Waals surface area contributed by atoms with E-state index >= 15 is 0 Å². The second kappa shape index (κ2) is 37.3. The summed E-state index contributed by atoms with van der Waals surface area (Å²) in [6, 6.07) is 0. The molecule has 1 saturated heterocycles. The van der Waals surface area contributed by atoms with Crippen LogP contribution in [0.5, 0.6) is 0 Å². The van der Waals surface area contributed by atoms with Crippen LogP contribution in [0.3, 0.4) is 0 Å². The van der Waals surface area contributed by atoms with Gasteiger partial charge >= 0.3 is 11.9 Å². The number of hydrogen-bond donors (Lipinski definition) is 4. The molecule has 1 heterocycles. The predicted octanol–water partition coefficient (Wildman–Crippen LogP) is 10.4. The van der Waals surface area contributed by atoms with Gasteiger partial charge < -0.3 is 29.9 Å². The fourth-order valence-electron chi connectivity index (χ4n) is 6.38. The van der Waals surface area contributed by atoms with Gasteiger partial charge in [0.1, 0.15) is 18.3 Å². The molecule has 8 nitrogen and oxygen atoms in total. The maximum absolute atomic E-state index is 11.9. The summed E-state index contributed by atoms with van der Waals surface area (Å²) in [5, 5.41) is 37.2. The number of carbonyl (C=O) groups excluding carboxylic acids is 1. The van der Waals surface area contributed by atoms with E-state index in [9.17, 15) is 24.9 Å². The number of carboxylic acid groups (broad SMARTS) is 1. The van der Waals surface area contributed by atoms with E-state index < -0.39 is 43.0 Å². The van der Waals surface area contributed by atoms with Crippen LogP contribution in [-0.2, 0) is 19.1 Å². The van der Waals surface area contributed by atoms with E-state index in [1.54, 1.807) is 0 Å². The lowest BCUT2D eigenvalue weighted by Gasteiger charge is -2.24. The highest BCUT2D eigenvalue weighted by Gasteiger charge is 2.41. The molecular weight excluding hydrogens is 632 g/mol. The minimum absolute atomic E-state index is 0.0197. The van der Waals surface area contributed by atoms with Gasteiger partial charge in [-0.1, -0.05) is 167 Å². The number of carbonyl (C=O) groups is 2. The molecule has 1 aliphatic rings. The minimum Gasteiger partial charge on any atom is -0.481 e. The van der Waals surface area contributed by atoms with Crippen LogP contribution in [0.1, 0.15) is 206 Å². The maximum atomic E-state index is 11.9.